The Bertz CT molecular complexity index is 522. The molecule has 1 atom stereocenters. The van der Waals surface area contributed by atoms with Gasteiger partial charge in [0, 0.05) is 11.6 Å². The Morgan fingerprint density at radius 1 is 1.44 bits per heavy atom. The Balaban J connectivity index is 2.49. The van der Waals surface area contributed by atoms with Crippen LogP contribution in [-0.4, -0.2) is 16.1 Å². The van der Waals surface area contributed by atoms with Gasteiger partial charge < -0.3 is 5.11 Å². The van der Waals surface area contributed by atoms with E-state index in [4.69, 9.17) is 5.11 Å². The summed E-state index contributed by atoms with van der Waals surface area (Å²) in [4.78, 5) is 15.3. The molecule has 0 aliphatic rings. The Morgan fingerprint density at radius 2 is 2.25 bits per heavy atom. The Hall–Kier alpha value is -1.90. The minimum Gasteiger partial charge on any atom is -0.481 e. The first kappa shape index (κ1) is 10.6. The van der Waals surface area contributed by atoms with Crippen LogP contribution in [-0.2, 0) is 4.79 Å². The molecule has 0 saturated heterocycles. The number of hydrogen-bond donors (Lipinski definition) is 1. The quantitative estimate of drug-likeness (QED) is 0.856. The molecule has 1 heterocycles. The smallest absolute Gasteiger partial charge is 0.310 e. The molecule has 2 aromatic rings. The molecule has 3 heteroatoms. The molecular weight excluding hydrogens is 202 g/mol. The number of aliphatic carboxylic acids is 1. The largest absolute Gasteiger partial charge is 0.481 e. The zero-order valence-corrected chi connectivity index (χ0v) is 9.05. The molecule has 0 bridgehead atoms. The average molecular weight is 215 g/mol. The van der Waals surface area contributed by atoms with E-state index in [1.807, 2.05) is 37.3 Å². The summed E-state index contributed by atoms with van der Waals surface area (Å²) in [5.74, 6) is -1.20. The Morgan fingerprint density at radius 3 is 2.94 bits per heavy atom. The molecule has 1 N–H and O–H groups in total. The monoisotopic (exact) mass is 215 g/mol. The van der Waals surface area contributed by atoms with E-state index in [-0.39, 0.29) is 0 Å². The number of carboxylic acids is 1. The van der Waals surface area contributed by atoms with Crippen LogP contribution in [0.15, 0.2) is 36.5 Å². The lowest BCUT2D eigenvalue weighted by molar-refractivity contribution is -0.138. The predicted molar refractivity (Wildman–Crippen MR) is 62.4 cm³/mol. The number of carboxylic acid groups (broad SMARTS) is 1. The molecule has 2 rings (SSSR count). The van der Waals surface area contributed by atoms with E-state index in [2.05, 4.69) is 4.98 Å². The van der Waals surface area contributed by atoms with E-state index in [0.717, 1.165) is 16.5 Å². The normalized spacial score (nSPS) is 12.6. The molecule has 0 aliphatic heterocycles. The lowest BCUT2D eigenvalue weighted by atomic mass is 9.95. The standard InChI is InChI=1S/C13H13NO2/c1-2-11(13(15)16)9-5-6-12-10(8-9)4-3-7-14-12/h3-8,11H,2H2,1H3,(H,15,16). The summed E-state index contributed by atoms with van der Waals surface area (Å²) >= 11 is 0. The fourth-order valence-electron chi connectivity index (χ4n) is 1.86. The van der Waals surface area contributed by atoms with Crippen LogP contribution in [0.3, 0.4) is 0 Å². The highest BCUT2D eigenvalue weighted by molar-refractivity contribution is 5.82. The molecule has 0 aliphatic carbocycles. The zero-order chi connectivity index (χ0) is 11.5. The molecule has 1 aromatic heterocycles. The highest BCUT2D eigenvalue weighted by Crippen LogP contribution is 2.23. The van der Waals surface area contributed by atoms with Crippen molar-refractivity contribution in [2.45, 2.75) is 19.3 Å². The van der Waals surface area contributed by atoms with Crippen molar-refractivity contribution < 1.29 is 9.90 Å². The number of nitrogens with zero attached hydrogens (tertiary/aromatic N) is 1. The van der Waals surface area contributed by atoms with Crippen LogP contribution in [0.4, 0.5) is 0 Å². The van der Waals surface area contributed by atoms with Gasteiger partial charge in [0.15, 0.2) is 0 Å². The first-order valence-electron chi connectivity index (χ1n) is 5.30. The molecule has 0 fully saturated rings. The summed E-state index contributed by atoms with van der Waals surface area (Å²) in [6, 6.07) is 9.42. The molecule has 1 unspecified atom stereocenters. The second-order valence-corrected chi connectivity index (χ2v) is 3.75. The second kappa shape index (κ2) is 4.31. The van der Waals surface area contributed by atoms with Gasteiger partial charge >= 0.3 is 5.97 Å². The van der Waals surface area contributed by atoms with Gasteiger partial charge in [-0.2, -0.15) is 0 Å². The molecule has 82 valence electrons. The molecular formula is C13H13NO2. The van der Waals surface area contributed by atoms with Crippen LogP contribution in [0.2, 0.25) is 0 Å². The number of aromatic nitrogens is 1. The zero-order valence-electron chi connectivity index (χ0n) is 9.05. The van der Waals surface area contributed by atoms with E-state index in [1.165, 1.54) is 0 Å². The van der Waals surface area contributed by atoms with Gasteiger partial charge in [0.2, 0.25) is 0 Å². The molecule has 0 radical (unpaired) electrons. The number of hydrogen-bond acceptors (Lipinski definition) is 2. The van der Waals surface area contributed by atoms with Gasteiger partial charge in [0.1, 0.15) is 0 Å². The number of rotatable bonds is 3. The van der Waals surface area contributed by atoms with Crippen molar-refractivity contribution >= 4 is 16.9 Å². The van der Waals surface area contributed by atoms with E-state index in [0.29, 0.717) is 6.42 Å². The first-order chi connectivity index (χ1) is 7.72. The van der Waals surface area contributed by atoms with Crippen molar-refractivity contribution in [1.82, 2.24) is 4.98 Å². The van der Waals surface area contributed by atoms with Crippen LogP contribution in [0.5, 0.6) is 0 Å². The Kier molecular flexibility index (Phi) is 2.86. The van der Waals surface area contributed by atoms with Crippen LogP contribution >= 0.6 is 0 Å². The maximum Gasteiger partial charge on any atom is 0.310 e. The van der Waals surface area contributed by atoms with Crippen LogP contribution in [0.1, 0.15) is 24.8 Å². The molecule has 1 aromatic carbocycles. The lowest BCUT2D eigenvalue weighted by Crippen LogP contribution is -2.10. The third kappa shape index (κ3) is 1.89. The second-order valence-electron chi connectivity index (χ2n) is 3.75. The minimum atomic E-state index is -0.772. The van der Waals surface area contributed by atoms with Crippen molar-refractivity contribution in [3.05, 3.63) is 42.1 Å². The van der Waals surface area contributed by atoms with E-state index < -0.39 is 11.9 Å². The van der Waals surface area contributed by atoms with Crippen molar-refractivity contribution in [3.63, 3.8) is 0 Å². The summed E-state index contributed by atoms with van der Waals surface area (Å²) in [5, 5.41) is 10.1. The van der Waals surface area contributed by atoms with Crippen LogP contribution in [0, 0.1) is 0 Å². The van der Waals surface area contributed by atoms with Gasteiger partial charge in [0.05, 0.1) is 11.4 Å². The van der Waals surface area contributed by atoms with Crippen molar-refractivity contribution in [3.8, 4) is 0 Å². The lowest BCUT2D eigenvalue weighted by Gasteiger charge is -2.10. The summed E-state index contributed by atoms with van der Waals surface area (Å²) in [6.07, 6.45) is 2.33. The molecule has 0 saturated carbocycles. The number of fused-ring (bicyclic) bond motifs is 1. The topological polar surface area (TPSA) is 50.2 Å². The molecule has 16 heavy (non-hydrogen) atoms. The first-order valence-corrected chi connectivity index (χ1v) is 5.30. The summed E-state index contributed by atoms with van der Waals surface area (Å²) in [6.45, 7) is 1.88. The van der Waals surface area contributed by atoms with Crippen molar-refractivity contribution in [1.29, 1.82) is 0 Å². The van der Waals surface area contributed by atoms with E-state index in [9.17, 15) is 4.79 Å². The summed E-state index contributed by atoms with van der Waals surface area (Å²) in [5.41, 5.74) is 1.74. The third-order valence-electron chi connectivity index (χ3n) is 2.74. The number of pyridine rings is 1. The van der Waals surface area contributed by atoms with Crippen LogP contribution < -0.4 is 0 Å². The van der Waals surface area contributed by atoms with Crippen LogP contribution in [0.25, 0.3) is 10.9 Å². The fraction of sp³-hybridized carbons (Fsp3) is 0.231. The molecule has 3 nitrogen and oxygen atoms in total. The highest BCUT2D eigenvalue weighted by atomic mass is 16.4. The van der Waals surface area contributed by atoms with Gasteiger partial charge in [-0.3, -0.25) is 9.78 Å². The van der Waals surface area contributed by atoms with Crippen molar-refractivity contribution in [2.24, 2.45) is 0 Å². The third-order valence-corrected chi connectivity index (χ3v) is 2.74. The maximum atomic E-state index is 11.1. The number of benzene rings is 1. The van der Waals surface area contributed by atoms with Gasteiger partial charge in [-0.25, -0.2) is 0 Å². The SMILES string of the molecule is CCC(C(=O)O)c1ccc2ncccc2c1. The van der Waals surface area contributed by atoms with Gasteiger partial charge in [-0.05, 0) is 30.2 Å². The summed E-state index contributed by atoms with van der Waals surface area (Å²) in [7, 11) is 0. The molecule has 0 amide bonds. The average Bonchev–Trinajstić information content (AvgIpc) is 2.29. The van der Waals surface area contributed by atoms with E-state index in [1.54, 1.807) is 6.20 Å². The summed E-state index contributed by atoms with van der Waals surface area (Å²) < 4.78 is 0. The predicted octanol–water partition coefficient (Wildman–Crippen LogP) is 2.81. The highest BCUT2D eigenvalue weighted by Gasteiger charge is 2.17. The van der Waals surface area contributed by atoms with Gasteiger partial charge in [-0.15, -0.1) is 0 Å². The van der Waals surface area contributed by atoms with Crippen molar-refractivity contribution in [2.75, 3.05) is 0 Å². The van der Waals surface area contributed by atoms with Gasteiger partial charge in [-0.1, -0.05) is 19.1 Å². The van der Waals surface area contributed by atoms with Gasteiger partial charge in [0.25, 0.3) is 0 Å². The number of carbonyl (C=O) groups is 1. The maximum absolute atomic E-state index is 11.1. The minimum absolute atomic E-state index is 0.426. The Labute approximate surface area is 93.7 Å². The molecule has 0 spiro atoms. The van der Waals surface area contributed by atoms with E-state index >= 15 is 0 Å². The fourth-order valence-corrected chi connectivity index (χ4v) is 1.86.